The van der Waals surface area contributed by atoms with Crippen molar-refractivity contribution in [3.63, 3.8) is 0 Å². The second-order valence-corrected chi connectivity index (χ2v) is 6.84. The van der Waals surface area contributed by atoms with Crippen molar-refractivity contribution < 1.29 is 4.74 Å². The molecule has 0 radical (unpaired) electrons. The molecule has 0 bridgehead atoms. The zero-order valence-corrected chi connectivity index (χ0v) is 17.9. The van der Waals surface area contributed by atoms with Crippen molar-refractivity contribution >= 4 is 41.7 Å². The molecule has 1 atom stereocenters. The van der Waals surface area contributed by atoms with Gasteiger partial charge in [-0.2, -0.15) is 0 Å². The van der Waals surface area contributed by atoms with Crippen LogP contribution >= 0.6 is 35.7 Å². The van der Waals surface area contributed by atoms with Gasteiger partial charge >= 0.3 is 0 Å². The average molecular weight is 463 g/mol. The molecule has 1 saturated heterocycles. The van der Waals surface area contributed by atoms with Gasteiger partial charge < -0.3 is 15.0 Å². The highest BCUT2D eigenvalue weighted by atomic mass is 127. The quantitative estimate of drug-likeness (QED) is 0.210. The van der Waals surface area contributed by atoms with E-state index in [0.717, 1.165) is 51.1 Å². The summed E-state index contributed by atoms with van der Waals surface area (Å²) in [7, 11) is 1.87. The largest absolute Gasteiger partial charge is 0.382 e. The van der Waals surface area contributed by atoms with Gasteiger partial charge in [0.25, 0.3) is 0 Å². The maximum atomic E-state index is 5.37. The molecule has 1 heterocycles. The second-order valence-electron chi connectivity index (χ2n) is 5.75. The minimum Gasteiger partial charge on any atom is -0.382 e. The second kappa shape index (κ2) is 12.8. The summed E-state index contributed by atoms with van der Waals surface area (Å²) in [6.45, 7) is 6.77. The molecule has 6 heteroatoms. The van der Waals surface area contributed by atoms with Crippen LogP contribution < -0.4 is 5.32 Å². The summed E-state index contributed by atoms with van der Waals surface area (Å²) in [5.74, 6) is 2.96. The minimum atomic E-state index is 0. The topological polar surface area (TPSA) is 36.9 Å². The van der Waals surface area contributed by atoms with Gasteiger partial charge in [0.05, 0.1) is 0 Å². The zero-order chi connectivity index (χ0) is 16.3. The number of likely N-dealkylation sites (tertiary alicyclic amines) is 1. The monoisotopic (exact) mass is 463 g/mol. The molecule has 0 spiro atoms. The molecule has 0 aliphatic carbocycles. The molecule has 4 nitrogen and oxygen atoms in total. The van der Waals surface area contributed by atoms with E-state index in [4.69, 9.17) is 4.74 Å². The lowest BCUT2D eigenvalue weighted by atomic mass is 10.2. The highest BCUT2D eigenvalue weighted by molar-refractivity contribution is 14.0. The number of guanidine groups is 1. The number of nitrogens with one attached hydrogen (secondary N) is 1. The van der Waals surface area contributed by atoms with E-state index in [9.17, 15) is 0 Å². The average Bonchev–Trinajstić information content (AvgIpc) is 3.06. The number of hydrogen-bond donors (Lipinski definition) is 1. The molecule has 2 rings (SSSR count). The predicted octanol–water partition coefficient (Wildman–Crippen LogP) is 3.72. The molecule has 0 aromatic heterocycles. The van der Waals surface area contributed by atoms with Gasteiger partial charge in [0.15, 0.2) is 5.96 Å². The first-order valence-corrected chi connectivity index (χ1v) is 9.53. The van der Waals surface area contributed by atoms with Gasteiger partial charge in [-0.1, -0.05) is 18.2 Å². The number of aliphatic imine (C=N–C) groups is 1. The van der Waals surface area contributed by atoms with Crippen molar-refractivity contribution in [2.24, 2.45) is 10.9 Å². The summed E-state index contributed by atoms with van der Waals surface area (Å²) < 4.78 is 5.37. The predicted molar refractivity (Wildman–Crippen MR) is 115 cm³/mol. The Bertz CT molecular complexity index is 473. The summed E-state index contributed by atoms with van der Waals surface area (Å²) in [6, 6.07) is 10.7. The third-order valence-electron chi connectivity index (χ3n) is 3.98. The molecule has 1 aromatic rings. The van der Waals surface area contributed by atoms with Gasteiger partial charge in [-0.25, -0.2) is 0 Å². The van der Waals surface area contributed by atoms with Crippen LogP contribution in [0.25, 0.3) is 0 Å². The van der Waals surface area contributed by atoms with E-state index in [1.54, 1.807) is 0 Å². The Hall–Kier alpha value is -0.470. The maximum Gasteiger partial charge on any atom is 0.193 e. The number of rotatable bonds is 8. The van der Waals surface area contributed by atoms with Crippen molar-refractivity contribution in [3.05, 3.63) is 30.3 Å². The van der Waals surface area contributed by atoms with Crippen molar-refractivity contribution in [2.75, 3.05) is 45.6 Å². The lowest BCUT2D eigenvalue weighted by Crippen LogP contribution is -2.40. The van der Waals surface area contributed by atoms with E-state index in [2.05, 4.69) is 45.5 Å². The van der Waals surface area contributed by atoms with Crippen LogP contribution in [0.15, 0.2) is 40.2 Å². The van der Waals surface area contributed by atoms with Crippen LogP contribution in [-0.4, -0.2) is 56.5 Å². The molecule has 0 amide bonds. The van der Waals surface area contributed by atoms with Gasteiger partial charge in [0.1, 0.15) is 0 Å². The van der Waals surface area contributed by atoms with Crippen LogP contribution in [0.1, 0.15) is 19.8 Å². The fourth-order valence-corrected chi connectivity index (χ4v) is 3.79. The van der Waals surface area contributed by atoms with Crippen molar-refractivity contribution in [3.8, 4) is 0 Å². The molecule has 24 heavy (non-hydrogen) atoms. The standard InChI is InChI=1S/C18H29N3OS.HI/c1-3-22-13-7-11-20-18(19-2)21-12-10-16(14-21)15-23-17-8-5-4-6-9-17;/h4-6,8-9,16H,3,7,10-15H2,1-2H3,(H,19,20);1H. The van der Waals surface area contributed by atoms with Gasteiger partial charge in [0.2, 0.25) is 0 Å². The molecule has 1 aliphatic rings. The number of hydrogen-bond acceptors (Lipinski definition) is 3. The molecule has 1 aromatic carbocycles. The van der Waals surface area contributed by atoms with E-state index >= 15 is 0 Å². The van der Waals surface area contributed by atoms with E-state index in [-0.39, 0.29) is 24.0 Å². The summed E-state index contributed by atoms with van der Waals surface area (Å²) in [6.07, 6.45) is 2.27. The Morgan fingerprint density at radius 1 is 1.38 bits per heavy atom. The van der Waals surface area contributed by atoms with Gasteiger partial charge in [-0.3, -0.25) is 4.99 Å². The highest BCUT2D eigenvalue weighted by Gasteiger charge is 2.24. The molecular formula is C18H30IN3OS. The fourth-order valence-electron chi connectivity index (χ4n) is 2.74. The van der Waals surface area contributed by atoms with Crippen molar-refractivity contribution in [1.82, 2.24) is 10.2 Å². The van der Waals surface area contributed by atoms with E-state index in [0.29, 0.717) is 0 Å². The number of ether oxygens (including phenoxy) is 1. The Morgan fingerprint density at radius 3 is 2.88 bits per heavy atom. The first-order chi connectivity index (χ1) is 11.3. The Kier molecular flexibility index (Phi) is 11.5. The Labute approximate surface area is 167 Å². The fraction of sp³-hybridized carbons (Fsp3) is 0.611. The molecule has 1 aliphatic heterocycles. The highest BCUT2D eigenvalue weighted by Crippen LogP contribution is 2.25. The third-order valence-corrected chi connectivity index (χ3v) is 5.22. The van der Waals surface area contributed by atoms with Crippen LogP contribution in [0.5, 0.6) is 0 Å². The SMILES string of the molecule is CCOCCCNC(=NC)N1CCC(CSc2ccccc2)C1.I. The van der Waals surface area contributed by atoms with Gasteiger partial charge in [0, 0.05) is 50.5 Å². The van der Waals surface area contributed by atoms with Gasteiger partial charge in [-0.05, 0) is 37.8 Å². The van der Waals surface area contributed by atoms with Crippen LogP contribution in [0, 0.1) is 5.92 Å². The van der Waals surface area contributed by atoms with Crippen LogP contribution in [0.4, 0.5) is 0 Å². The summed E-state index contributed by atoms with van der Waals surface area (Å²) in [5, 5.41) is 3.45. The van der Waals surface area contributed by atoms with Crippen LogP contribution in [0.2, 0.25) is 0 Å². The first kappa shape index (κ1) is 21.6. The smallest absolute Gasteiger partial charge is 0.193 e. The number of thioether (sulfide) groups is 1. The van der Waals surface area contributed by atoms with Crippen LogP contribution in [0.3, 0.4) is 0 Å². The van der Waals surface area contributed by atoms with E-state index in [1.165, 1.54) is 17.1 Å². The Balaban J connectivity index is 0.00000288. The van der Waals surface area contributed by atoms with E-state index < -0.39 is 0 Å². The number of benzene rings is 1. The lowest BCUT2D eigenvalue weighted by Gasteiger charge is -2.21. The third kappa shape index (κ3) is 7.61. The summed E-state index contributed by atoms with van der Waals surface area (Å²) in [5.41, 5.74) is 0. The molecular weight excluding hydrogens is 433 g/mol. The van der Waals surface area contributed by atoms with Gasteiger partial charge in [-0.15, -0.1) is 35.7 Å². The normalized spacial score (nSPS) is 17.7. The molecule has 1 unspecified atom stereocenters. The lowest BCUT2D eigenvalue weighted by molar-refractivity contribution is 0.145. The number of nitrogens with zero attached hydrogens (tertiary/aromatic N) is 2. The summed E-state index contributed by atoms with van der Waals surface area (Å²) >= 11 is 1.96. The first-order valence-electron chi connectivity index (χ1n) is 8.54. The maximum absolute atomic E-state index is 5.37. The molecule has 1 N–H and O–H groups in total. The van der Waals surface area contributed by atoms with E-state index in [1.807, 2.05) is 25.7 Å². The van der Waals surface area contributed by atoms with Crippen molar-refractivity contribution in [2.45, 2.75) is 24.7 Å². The zero-order valence-electron chi connectivity index (χ0n) is 14.7. The molecule has 0 saturated carbocycles. The minimum absolute atomic E-state index is 0. The Morgan fingerprint density at radius 2 is 2.17 bits per heavy atom. The van der Waals surface area contributed by atoms with Crippen LogP contribution in [-0.2, 0) is 4.74 Å². The van der Waals surface area contributed by atoms with Crippen molar-refractivity contribution in [1.29, 1.82) is 0 Å². The molecule has 136 valence electrons. The molecule has 1 fully saturated rings. The number of halogens is 1. The summed E-state index contributed by atoms with van der Waals surface area (Å²) in [4.78, 5) is 8.18.